The molecule has 0 saturated heterocycles. The van der Waals surface area contributed by atoms with E-state index in [0.29, 0.717) is 12.7 Å². The van der Waals surface area contributed by atoms with Crippen LogP contribution in [0, 0.1) is 0 Å². The Labute approximate surface area is 86.8 Å². The highest BCUT2D eigenvalue weighted by molar-refractivity contribution is 4.65. The van der Waals surface area contributed by atoms with Crippen molar-refractivity contribution < 1.29 is 9.94 Å². The van der Waals surface area contributed by atoms with Gasteiger partial charge in [0, 0.05) is 13.2 Å². The number of aliphatic hydroxyl groups excluding tert-OH is 1. The van der Waals surface area contributed by atoms with Gasteiger partial charge < -0.3 is 5.11 Å². The molecule has 3 nitrogen and oxygen atoms in total. The zero-order valence-electron chi connectivity index (χ0n) is 9.00. The summed E-state index contributed by atoms with van der Waals surface area (Å²) in [6.45, 7) is 1.27. The van der Waals surface area contributed by atoms with Gasteiger partial charge in [-0.05, 0) is 25.7 Å². The van der Waals surface area contributed by atoms with E-state index in [4.69, 9.17) is 9.94 Å². The zero-order chi connectivity index (χ0) is 10.1. The average molecular weight is 201 g/mol. The maximum Gasteiger partial charge on any atom is 0.0790 e. The zero-order valence-corrected chi connectivity index (χ0v) is 9.00. The fourth-order valence-electron chi connectivity index (χ4n) is 1.85. The van der Waals surface area contributed by atoms with Crippen molar-refractivity contribution >= 4 is 0 Å². The van der Waals surface area contributed by atoms with Crippen molar-refractivity contribution in [1.29, 1.82) is 0 Å². The van der Waals surface area contributed by atoms with Gasteiger partial charge in [0.15, 0.2) is 0 Å². The first kappa shape index (κ1) is 12.0. The van der Waals surface area contributed by atoms with Gasteiger partial charge in [0.05, 0.1) is 6.10 Å². The molecule has 1 saturated carbocycles. The first-order valence-corrected chi connectivity index (χ1v) is 5.93. The predicted octanol–water partition coefficient (Wildman–Crippen LogP) is 2.00. The number of hydroxylamine groups is 1. The van der Waals surface area contributed by atoms with Crippen LogP contribution in [0.1, 0.15) is 51.4 Å². The lowest BCUT2D eigenvalue weighted by Gasteiger charge is -2.11. The third kappa shape index (κ3) is 5.58. The fourth-order valence-corrected chi connectivity index (χ4v) is 1.85. The molecule has 0 spiro atoms. The maximum absolute atomic E-state index is 8.57. The Balaban J connectivity index is 1.75. The summed E-state index contributed by atoms with van der Waals surface area (Å²) in [5.41, 5.74) is 3.04. The Hall–Kier alpha value is -0.120. The van der Waals surface area contributed by atoms with E-state index in [1.807, 2.05) is 0 Å². The molecule has 3 heteroatoms. The molecule has 0 aromatic heterocycles. The summed E-state index contributed by atoms with van der Waals surface area (Å²) >= 11 is 0. The lowest BCUT2D eigenvalue weighted by molar-refractivity contribution is -0.0210. The molecular weight excluding hydrogens is 178 g/mol. The van der Waals surface area contributed by atoms with Crippen LogP contribution in [0.2, 0.25) is 0 Å². The van der Waals surface area contributed by atoms with Crippen LogP contribution in [-0.4, -0.2) is 24.4 Å². The SMILES string of the molecule is OCCCCCCNOC1CCCC1. The van der Waals surface area contributed by atoms with E-state index < -0.39 is 0 Å². The molecule has 1 rings (SSSR count). The van der Waals surface area contributed by atoms with Crippen LogP contribution >= 0.6 is 0 Å². The van der Waals surface area contributed by atoms with Crippen molar-refractivity contribution in [3.63, 3.8) is 0 Å². The van der Waals surface area contributed by atoms with Crippen molar-refractivity contribution in [2.75, 3.05) is 13.2 Å². The summed E-state index contributed by atoms with van der Waals surface area (Å²) in [5, 5.41) is 8.57. The molecule has 2 N–H and O–H groups in total. The first-order valence-electron chi connectivity index (χ1n) is 5.93. The van der Waals surface area contributed by atoms with Crippen LogP contribution < -0.4 is 5.48 Å². The van der Waals surface area contributed by atoms with E-state index in [-0.39, 0.29) is 0 Å². The highest BCUT2D eigenvalue weighted by Gasteiger charge is 2.14. The lowest BCUT2D eigenvalue weighted by Crippen LogP contribution is -2.22. The summed E-state index contributed by atoms with van der Waals surface area (Å²) in [6.07, 6.45) is 9.94. The van der Waals surface area contributed by atoms with E-state index in [1.54, 1.807) is 0 Å². The van der Waals surface area contributed by atoms with Crippen LogP contribution in [0.4, 0.5) is 0 Å². The van der Waals surface area contributed by atoms with Gasteiger partial charge in [0.1, 0.15) is 0 Å². The molecule has 0 aromatic carbocycles. The van der Waals surface area contributed by atoms with Crippen LogP contribution in [0.5, 0.6) is 0 Å². The second-order valence-electron chi connectivity index (χ2n) is 4.06. The minimum Gasteiger partial charge on any atom is -0.396 e. The number of unbranched alkanes of at least 4 members (excludes halogenated alkanes) is 3. The topological polar surface area (TPSA) is 41.5 Å². The Morgan fingerprint density at radius 2 is 1.79 bits per heavy atom. The van der Waals surface area contributed by atoms with Crippen LogP contribution in [0.15, 0.2) is 0 Å². The van der Waals surface area contributed by atoms with Gasteiger partial charge in [-0.25, -0.2) is 5.48 Å². The molecule has 0 aliphatic heterocycles. The fraction of sp³-hybridized carbons (Fsp3) is 1.00. The normalized spacial score (nSPS) is 17.8. The monoisotopic (exact) mass is 201 g/mol. The van der Waals surface area contributed by atoms with Gasteiger partial charge in [0.25, 0.3) is 0 Å². The molecule has 84 valence electrons. The number of hydrogen-bond donors (Lipinski definition) is 2. The minimum absolute atomic E-state index is 0.325. The van der Waals surface area contributed by atoms with Crippen molar-refractivity contribution in [3.05, 3.63) is 0 Å². The second kappa shape index (κ2) is 8.21. The average Bonchev–Trinajstić information content (AvgIpc) is 2.69. The number of nitrogens with one attached hydrogen (secondary N) is 1. The van der Waals surface area contributed by atoms with Crippen molar-refractivity contribution in [2.45, 2.75) is 57.5 Å². The van der Waals surface area contributed by atoms with E-state index in [9.17, 15) is 0 Å². The standard InChI is InChI=1S/C11H23NO2/c13-10-6-2-1-5-9-12-14-11-7-3-4-8-11/h11-13H,1-10H2. The van der Waals surface area contributed by atoms with Crippen molar-refractivity contribution in [2.24, 2.45) is 0 Å². The molecule has 1 fully saturated rings. The highest BCUT2D eigenvalue weighted by Crippen LogP contribution is 2.19. The molecule has 0 radical (unpaired) electrons. The van der Waals surface area contributed by atoms with Gasteiger partial charge in [-0.3, -0.25) is 4.84 Å². The highest BCUT2D eigenvalue weighted by atomic mass is 16.7. The van der Waals surface area contributed by atoms with Gasteiger partial charge in [-0.1, -0.05) is 25.7 Å². The largest absolute Gasteiger partial charge is 0.396 e. The number of hydrogen-bond acceptors (Lipinski definition) is 3. The van der Waals surface area contributed by atoms with Crippen LogP contribution in [0.3, 0.4) is 0 Å². The third-order valence-corrected chi connectivity index (χ3v) is 2.74. The lowest BCUT2D eigenvalue weighted by atomic mass is 10.2. The Morgan fingerprint density at radius 1 is 1.07 bits per heavy atom. The van der Waals surface area contributed by atoms with Crippen molar-refractivity contribution in [1.82, 2.24) is 5.48 Å². The second-order valence-corrected chi connectivity index (χ2v) is 4.06. The van der Waals surface area contributed by atoms with Gasteiger partial charge in [-0.15, -0.1) is 0 Å². The summed E-state index contributed by atoms with van der Waals surface area (Å²) in [7, 11) is 0. The van der Waals surface area contributed by atoms with Crippen LogP contribution in [0.25, 0.3) is 0 Å². The van der Waals surface area contributed by atoms with Gasteiger partial charge in [0.2, 0.25) is 0 Å². The summed E-state index contributed by atoms with van der Waals surface area (Å²) < 4.78 is 0. The van der Waals surface area contributed by atoms with Crippen LogP contribution in [-0.2, 0) is 4.84 Å². The minimum atomic E-state index is 0.325. The summed E-state index contributed by atoms with van der Waals surface area (Å²) in [6, 6.07) is 0. The van der Waals surface area contributed by atoms with Gasteiger partial charge >= 0.3 is 0 Å². The summed E-state index contributed by atoms with van der Waals surface area (Å²) in [5.74, 6) is 0. The molecule has 0 bridgehead atoms. The molecule has 0 amide bonds. The maximum atomic E-state index is 8.57. The van der Waals surface area contributed by atoms with Gasteiger partial charge in [-0.2, -0.15) is 0 Å². The third-order valence-electron chi connectivity index (χ3n) is 2.74. The van der Waals surface area contributed by atoms with E-state index >= 15 is 0 Å². The molecule has 0 heterocycles. The Kier molecular flexibility index (Phi) is 7.01. The Morgan fingerprint density at radius 3 is 2.50 bits per heavy atom. The molecule has 0 aromatic rings. The molecule has 1 aliphatic carbocycles. The molecule has 0 unspecified atom stereocenters. The number of aliphatic hydroxyl groups is 1. The summed E-state index contributed by atoms with van der Waals surface area (Å²) in [4.78, 5) is 5.51. The van der Waals surface area contributed by atoms with E-state index in [0.717, 1.165) is 25.8 Å². The predicted molar refractivity (Wildman–Crippen MR) is 56.9 cm³/mol. The quantitative estimate of drug-likeness (QED) is 0.466. The Bertz CT molecular complexity index is 124. The molecule has 14 heavy (non-hydrogen) atoms. The first-order chi connectivity index (χ1) is 6.93. The molecular formula is C11H23NO2. The smallest absolute Gasteiger partial charge is 0.0790 e. The van der Waals surface area contributed by atoms with E-state index in [1.165, 1.54) is 32.1 Å². The van der Waals surface area contributed by atoms with Crippen molar-refractivity contribution in [3.8, 4) is 0 Å². The van der Waals surface area contributed by atoms with E-state index in [2.05, 4.69) is 5.48 Å². The number of rotatable bonds is 8. The molecule has 1 aliphatic rings. The molecule has 0 atom stereocenters.